The molecule has 0 aromatic heterocycles. The van der Waals surface area contributed by atoms with Gasteiger partial charge in [0.2, 0.25) is 5.91 Å². The lowest BCUT2D eigenvalue weighted by atomic mass is 10.1. The van der Waals surface area contributed by atoms with Crippen molar-refractivity contribution in [1.82, 2.24) is 5.32 Å². The number of rotatable bonds is 13. The molecule has 1 fully saturated rings. The van der Waals surface area contributed by atoms with Gasteiger partial charge < -0.3 is 14.2 Å². The van der Waals surface area contributed by atoms with Crippen molar-refractivity contribution in [2.45, 2.75) is 56.8 Å². The van der Waals surface area contributed by atoms with Gasteiger partial charge in [0.25, 0.3) is 5.24 Å². The Hall–Kier alpha value is -3.00. The smallest absolute Gasteiger partial charge is 0.306 e. The number of thioether (sulfide) groups is 1. The number of carbonyl (C=O) groups is 3. The predicted octanol–water partition coefficient (Wildman–Crippen LogP) is 5.22. The summed E-state index contributed by atoms with van der Waals surface area (Å²) in [7, 11) is 1.59. The maximum Gasteiger partial charge on any atom is 0.306 e. The molecular formula is C26H31NO6S. The number of hydrogen-bond donors (Lipinski definition) is 1. The van der Waals surface area contributed by atoms with Crippen LogP contribution < -0.4 is 14.8 Å². The molecule has 1 aliphatic heterocycles. The third-order valence-electron chi connectivity index (χ3n) is 5.49. The Labute approximate surface area is 204 Å². The van der Waals surface area contributed by atoms with E-state index in [9.17, 15) is 14.4 Å². The van der Waals surface area contributed by atoms with Crippen molar-refractivity contribution in [1.29, 1.82) is 0 Å². The van der Waals surface area contributed by atoms with Crippen molar-refractivity contribution in [3.8, 4) is 11.5 Å². The van der Waals surface area contributed by atoms with E-state index in [1.165, 1.54) is 0 Å². The number of carbonyl (C=O) groups excluding carboxylic acids is 3. The summed E-state index contributed by atoms with van der Waals surface area (Å²) < 4.78 is 17.0. The van der Waals surface area contributed by atoms with E-state index in [1.54, 1.807) is 7.11 Å². The number of imide groups is 1. The van der Waals surface area contributed by atoms with Crippen LogP contribution in [0.15, 0.2) is 48.5 Å². The molecule has 34 heavy (non-hydrogen) atoms. The fourth-order valence-corrected chi connectivity index (χ4v) is 4.45. The standard InChI is InChI=1S/C26H31NO6S/c1-3-4-5-6-10-24(28)33-22(19-8-7-9-21(16-19)31-2)17-32-20-13-11-18(12-14-20)15-23-25(29)27-26(30)34-23/h7-9,11-14,16,22-23H,3-6,10,15,17H2,1-2H3,(H,27,29,30). The number of hydrogen-bond acceptors (Lipinski definition) is 7. The van der Waals surface area contributed by atoms with Gasteiger partial charge in [-0.15, -0.1) is 0 Å². The lowest BCUT2D eigenvalue weighted by Gasteiger charge is -2.20. The van der Waals surface area contributed by atoms with Gasteiger partial charge in [-0.1, -0.05) is 62.2 Å². The molecule has 2 amide bonds. The number of methoxy groups -OCH3 is 1. The van der Waals surface area contributed by atoms with Gasteiger partial charge in [-0.05, 0) is 48.2 Å². The van der Waals surface area contributed by atoms with Crippen LogP contribution in [0.25, 0.3) is 0 Å². The first-order chi connectivity index (χ1) is 16.5. The van der Waals surface area contributed by atoms with Crippen LogP contribution >= 0.6 is 11.8 Å². The molecule has 1 aliphatic rings. The third-order valence-corrected chi connectivity index (χ3v) is 6.47. The molecule has 7 nitrogen and oxygen atoms in total. The minimum Gasteiger partial charge on any atom is -0.497 e. The normalized spacial score (nSPS) is 16.1. The second kappa shape index (κ2) is 13.0. The minimum atomic E-state index is -0.571. The first-order valence-corrected chi connectivity index (χ1v) is 12.4. The van der Waals surface area contributed by atoms with E-state index in [4.69, 9.17) is 14.2 Å². The zero-order chi connectivity index (χ0) is 24.3. The fourth-order valence-electron chi connectivity index (χ4n) is 3.59. The SMILES string of the molecule is CCCCCCC(=O)OC(COc1ccc(CC2SC(=O)NC2=O)cc1)c1cccc(OC)c1. The zero-order valence-corrected chi connectivity index (χ0v) is 20.4. The molecule has 3 rings (SSSR count). The largest absolute Gasteiger partial charge is 0.497 e. The van der Waals surface area contributed by atoms with Gasteiger partial charge in [0, 0.05) is 6.42 Å². The summed E-state index contributed by atoms with van der Waals surface area (Å²) in [5.41, 5.74) is 1.73. The van der Waals surface area contributed by atoms with Crippen LogP contribution in [0.2, 0.25) is 0 Å². The molecule has 0 radical (unpaired) electrons. The van der Waals surface area contributed by atoms with Crippen molar-refractivity contribution < 1.29 is 28.6 Å². The Kier molecular flexibility index (Phi) is 9.82. The summed E-state index contributed by atoms with van der Waals surface area (Å²) in [5.74, 6) is 0.797. The van der Waals surface area contributed by atoms with Crippen molar-refractivity contribution in [2.24, 2.45) is 0 Å². The molecule has 0 aliphatic carbocycles. The molecule has 0 saturated carbocycles. The van der Waals surface area contributed by atoms with Crippen LogP contribution in [0.5, 0.6) is 11.5 Å². The van der Waals surface area contributed by atoms with Gasteiger partial charge in [0.1, 0.15) is 18.1 Å². The molecule has 2 aromatic rings. The first-order valence-electron chi connectivity index (χ1n) is 11.5. The monoisotopic (exact) mass is 485 g/mol. The topological polar surface area (TPSA) is 90.9 Å². The summed E-state index contributed by atoms with van der Waals surface area (Å²) in [6.45, 7) is 2.29. The van der Waals surface area contributed by atoms with Crippen LogP contribution in [0, 0.1) is 0 Å². The van der Waals surface area contributed by atoms with Crippen LogP contribution in [0.1, 0.15) is 56.3 Å². The van der Waals surface area contributed by atoms with Crippen molar-refractivity contribution in [2.75, 3.05) is 13.7 Å². The molecule has 1 heterocycles. The highest BCUT2D eigenvalue weighted by atomic mass is 32.2. The molecule has 8 heteroatoms. The Morgan fingerprint density at radius 3 is 2.53 bits per heavy atom. The lowest BCUT2D eigenvalue weighted by molar-refractivity contribution is -0.151. The second-order valence-corrected chi connectivity index (χ2v) is 9.28. The lowest BCUT2D eigenvalue weighted by Crippen LogP contribution is -2.25. The number of benzene rings is 2. The van der Waals surface area contributed by atoms with E-state index in [0.717, 1.165) is 48.6 Å². The van der Waals surface area contributed by atoms with Gasteiger partial charge in [0.15, 0.2) is 6.10 Å². The zero-order valence-electron chi connectivity index (χ0n) is 19.6. The number of esters is 1. The molecule has 1 N–H and O–H groups in total. The maximum atomic E-state index is 12.4. The van der Waals surface area contributed by atoms with E-state index in [-0.39, 0.29) is 23.7 Å². The summed E-state index contributed by atoms with van der Waals surface area (Å²) in [6, 6.07) is 14.8. The van der Waals surface area contributed by atoms with Gasteiger partial charge in [-0.25, -0.2) is 0 Å². The predicted molar refractivity (Wildman–Crippen MR) is 131 cm³/mol. The molecule has 0 bridgehead atoms. The van der Waals surface area contributed by atoms with Crippen LogP contribution in [0.4, 0.5) is 4.79 Å². The number of amides is 2. The van der Waals surface area contributed by atoms with Crippen molar-refractivity contribution in [3.05, 3.63) is 59.7 Å². The summed E-state index contributed by atoms with van der Waals surface area (Å²) >= 11 is 1.01. The first kappa shape index (κ1) is 25.6. The summed E-state index contributed by atoms with van der Waals surface area (Å²) in [4.78, 5) is 35.6. The van der Waals surface area contributed by atoms with E-state index in [2.05, 4.69) is 12.2 Å². The highest BCUT2D eigenvalue weighted by Gasteiger charge is 2.31. The molecule has 2 unspecified atom stereocenters. The van der Waals surface area contributed by atoms with Gasteiger partial charge in [-0.2, -0.15) is 0 Å². The Morgan fingerprint density at radius 2 is 1.85 bits per heavy atom. The van der Waals surface area contributed by atoms with E-state index in [0.29, 0.717) is 24.3 Å². The van der Waals surface area contributed by atoms with Crippen LogP contribution in [-0.4, -0.2) is 36.1 Å². The minimum absolute atomic E-state index is 0.155. The Bertz CT molecular complexity index is 978. The highest BCUT2D eigenvalue weighted by Crippen LogP contribution is 2.26. The van der Waals surface area contributed by atoms with Gasteiger partial charge >= 0.3 is 5.97 Å². The Morgan fingerprint density at radius 1 is 1.06 bits per heavy atom. The number of ether oxygens (including phenoxy) is 3. The fraction of sp³-hybridized carbons (Fsp3) is 0.423. The van der Waals surface area contributed by atoms with Gasteiger partial charge in [-0.3, -0.25) is 19.7 Å². The summed E-state index contributed by atoms with van der Waals surface area (Å²) in [6.07, 6.45) is 4.30. The average molecular weight is 486 g/mol. The van der Waals surface area contributed by atoms with E-state index in [1.807, 2.05) is 48.5 Å². The van der Waals surface area contributed by atoms with Crippen molar-refractivity contribution >= 4 is 28.9 Å². The molecule has 182 valence electrons. The second-order valence-electron chi connectivity index (χ2n) is 8.11. The van der Waals surface area contributed by atoms with Crippen LogP contribution in [-0.2, 0) is 20.7 Å². The highest BCUT2D eigenvalue weighted by molar-refractivity contribution is 8.15. The third kappa shape index (κ3) is 7.80. The van der Waals surface area contributed by atoms with Gasteiger partial charge in [0.05, 0.1) is 12.4 Å². The molecule has 1 saturated heterocycles. The maximum absolute atomic E-state index is 12.4. The Balaban J connectivity index is 1.60. The molecular weight excluding hydrogens is 454 g/mol. The average Bonchev–Trinajstić information content (AvgIpc) is 3.16. The van der Waals surface area contributed by atoms with E-state index >= 15 is 0 Å². The molecule has 0 spiro atoms. The quantitative estimate of drug-likeness (QED) is 0.307. The molecule has 2 atom stereocenters. The summed E-state index contributed by atoms with van der Waals surface area (Å²) in [5, 5.41) is 1.58. The van der Waals surface area contributed by atoms with Crippen molar-refractivity contribution in [3.63, 3.8) is 0 Å². The van der Waals surface area contributed by atoms with Crippen LogP contribution in [0.3, 0.4) is 0 Å². The molecule has 2 aromatic carbocycles. The van der Waals surface area contributed by atoms with E-state index < -0.39 is 11.4 Å². The number of nitrogens with one attached hydrogen (secondary N) is 1. The number of unbranched alkanes of at least 4 members (excludes halogenated alkanes) is 3.